The van der Waals surface area contributed by atoms with E-state index in [4.69, 9.17) is 9.26 Å². The van der Waals surface area contributed by atoms with Crippen molar-refractivity contribution in [3.05, 3.63) is 36.0 Å². The molecule has 0 saturated carbocycles. The van der Waals surface area contributed by atoms with E-state index in [1.54, 1.807) is 7.11 Å². The van der Waals surface area contributed by atoms with Gasteiger partial charge in [0.2, 0.25) is 0 Å². The minimum atomic E-state index is 0.796. The fraction of sp³-hybridized carbons (Fsp3) is 0.182. The van der Waals surface area contributed by atoms with Crippen molar-refractivity contribution in [2.75, 3.05) is 7.11 Å². The first kappa shape index (κ1) is 10.5. The van der Waals surface area contributed by atoms with Crippen LogP contribution >= 0.6 is 22.6 Å². The highest BCUT2D eigenvalue weighted by Crippen LogP contribution is 2.23. The Bertz CT molecular complexity index is 436. The molecule has 0 unspecified atom stereocenters. The van der Waals surface area contributed by atoms with E-state index in [0.717, 1.165) is 27.2 Å². The van der Waals surface area contributed by atoms with Crippen LogP contribution in [-0.4, -0.2) is 12.3 Å². The van der Waals surface area contributed by atoms with Gasteiger partial charge in [0.1, 0.15) is 5.75 Å². The molecule has 0 spiro atoms. The van der Waals surface area contributed by atoms with Crippen LogP contribution in [0.2, 0.25) is 0 Å². The van der Waals surface area contributed by atoms with Crippen molar-refractivity contribution in [3.8, 4) is 17.1 Å². The number of hydrogen-bond donors (Lipinski definition) is 0. The highest BCUT2D eigenvalue weighted by Gasteiger charge is 2.05. The van der Waals surface area contributed by atoms with Gasteiger partial charge in [0.05, 0.1) is 12.8 Å². The van der Waals surface area contributed by atoms with Crippen LogP contribution in [0.3, 0.4) is 0 Å². The van der Waals surface area contributed by atoms with E-state index < -0.39 is 0 Å². The molecule has 0 aliphatic rings. The lowest BCUT2D eigenvalue weighted by molar-refractivity contribution is 0.414. The standard InChI is InChI=1S/C11H10INO2/c1-14-10-4-2-8(3-5-10)11-6-9(7-12)13-15-11/h2-6H,7H2,1H3. The van der Waals surface area contributed by atoms with Gasteiger partial charge in [0.15, 0.2) is 5.76 Å². The van der Waals surface area contributed by atoms with Crippen molar-refractivity contribution < 1.29 is 9.26 Å². The van der Waals surface area contributed by atoms with Gasteiger partial charge in [-0.1, -0.05) is 27.7 Å². The molecule has 0 amide bonds. The number of alkyl halides is 1. The molecule has 0 saturated heterocycles. The second-order valence-corrected chi connectivity index (χ2v) is 3.81. The highest BCUT2D eigenvalue weighted by atomic mass is 127. The van der Waals surface area contributed by atoms with Gasteiger partial charge in [-0.3, -0.25) is 0 Å². The molecule has 2 rings (SSSR count). The van der Waals surface area contributed by atoms with E-state index in [-0.39, 0.29) is 0 Å². The van der Waals surface area contributed by atoms with Crippen LogP contribution in [0.4, 0.5) is 0 Å². The molecule has 0 N–H and O–H groups in total. The molecule has 0 aliphatic heterocycles. The van der Waals surface area contributed by atoms with Crippen molar-refractivity contribution in [2.24, 2.45) is 0 Å². The zero-order valence-corrected chi connectivity index (χ0v) is 10.4. The number of nitrogens with zero attached hydrogens (tertiary/aromatic N) is 1. The number of halogens is 1. The van der Waals surface area contributed by atoms with Gasteiger partial charge >= 0.3 is 0 Å². The second-order valence-electron chi connectivity index (χ2n) is 3.04. The van der Waals surface area contributed by atoms with Crippen LogP contribution in [0.15, 0.2) is 34.9 Å². The normalized spacial score (nSPS) is 10.3. The monoisotopic (exact) mass is 315 g/mol. The number of ether oxygens (including phenoxy) is 1. The Morgan fingerprint density at radius 2 is 2.07 bits per heavy atom. The van der Waals surface area contributed by atoms with E-state index in [2.05, 4.69) is 27.7 Å². The van der Waals surface area contributed by atoms with Gasteiger partial charge in [-0.15, -0.1) is 0 Å². The largest absolute Gasteiger partial charge is 0.497 e. The van der Waals surface area contributed by atoms with Crippen LogP contribution in [-0.2, 0) is 4.43 Å². The second kappa shape index (κ2) is 4.65. The summed E-state index contributed by atoms with van der Waals surface area (Å²) in [5.41, 5.74) is 1.97. The summed E-state index contributed by atoms with van der Waals surface area (Å²) in [6.07, 6.45) is 0. The predicted molar refractivity (Wildman–Crippen MR) is 66.2 cm³/mol. The lowest BCUT2D eigenvalue weighted by Gasteiger charge is -1.99. The summed E-state index contributed by atoms with van der Waals surface area (Å²) in [7, 11) is 1.65. The SMILES string of the molecule is COc1ccc(-c2cc(CI)no2)cc1. The third-order valence-electron chi connectivity index (χ3n) is 2.07. The third-order valence-corrected chi connectivity index (χ3v) is 2.85. The molecule has 0 bridgehead atoms. The van der Waals surface area contributed by atoms with E-state index in [0.29, 0.717) is 0 Å². The maximum Gasteiger partial charge on any atom is 0.167 e. The summed E-state index contributed by atoms with van der Waals surface area (Å²) >= 11 is 2.25. The average molecular weight is 315 g/mol. The zero-order chi connectivity index (χ0) is 10.7. The summed E-state index contributed by atoms with van der Waals surface area (Å²) in [6.45, 7) is 0. The zero-order valence-electron chi connectivity index (χ0n) is 8.24. The van der Waals surface area contributed by atoms with Gasteiger partial charge < -0.3 is 9.26 Å². The number of benzene rings is 1. The van der Waals surface area contributed by atoms with Crippen LogP contribution < -0.4 is 4.74 Å². The van der Waals surface area contributed by atoms with Gasteiger partial charge in [0, 0.05) is 16.1 Å². The Balaban J connectivity index is 2.28. The van der Waals surface area contributed by atoms with E-state index in [9.17, 15) is 0 Å². The predicted octanol–water partition coefficient (Wildman–Crippen LogP) is 3.29. The molecule has 1 aromatic carbocycles. The molecule has 2 aromatic rings. The third kappa shape index (κ3) is 2.31. The van der Waals surface area contributed by atoms with Gasteiger partial charge in [-0.25, -0.2) is 0 Å². The quantitative estimate of drug-likeness (QED) is 0.644. The molecule has 0 radical (unpaired) electrons. The number of hydrogen-bond acceptors (Lipinski definition) is 3. The molecule has 0 atom stereocenters. The number of methoxy groups -OCH3 is 1. The first-order valence-electron chi connectivity index (χ1n) is 4.49. The van der Waals surface area contributed by atoms with Crippen LogP contribution in [0.1, 0.15) is 5.69 Å². The summed E-state index contributed by atoms with van der Waals surface area (Å²) in [5.74, 6) is 1.64. The summed E-state index contributed by atoms with van der Waals surface area (Å²) < 4.78 is 11.2. The maximum absolute atomic E-state index is 5.22. The van der Waals surface area contributed by atoms with Gasteiger partial charge in [0.25, 0.3) is 0 Å². The molecule has 0 aliphatic carbocycles. The Morgan fingerprint density at radius 1 is 1.33 bits per heavy atom. The molecule has 3 nitrogen and oxygen atoms in total. The van der Waals surface area contributed by atoms with E-state index in [1.165, 1.54) is 0 Å². The summed E-state index contributed by atoms with van der Waals surface area (Å²) in [6, 6.07) is 9.67. The van der Waals surface area contributed by atoms with E-state index >= 15 is 0 Å². The summed E-state index contributed by atoms with van der Waals surface area (Å²) in [5, 5.41) is 3.94. The summed E-state index contributed by atoms with van der Waals surface area (Å²) in [4.78, 5) is 0. The Morgan fingerprint density at radius 3 is 2.60 bits per heavy atom. The van der Waals surface area contributed by atoms with Crippen LogP contribution in [0.5, 0.6) is 5.75 Å². The lowest BCUT2D eigenvalue weighted by atomic mass is 10.1. The Kier molecular flexibility index (Phi) is 3.25. The fourth-order valence-corrected chi connectivity index (χ4v) is 1.63. The van der Waals surface area contributed by atoms with Crippen molar-refractivity contribution in [3.63, 3.8) is 0 Å². The average Bonchev–Trinajstić information content (AvgIpc) is 2.78. The van der Waals surface area contributed by atoms with Gasteiger partial charge in [-0.2, -0.15) is 0 Å². The minimum Gasteiger partial charge on any atom is -0.497 e. The molecular weight excluding hydrogens is 305 g/mol. The smallest absolute Gasteiger partial charge is 0.167 e. The molecule has 4 heteroatoms. The lowest BCUT2D eigenvalue weighted by Crippen LogP contribution is -1.81. The highest BCUT2D eigenvalue weighted by molar-refractivity contribution is 14.1. The Labute approximate surface area is 102 Å². The van der Waals surface area contributed by atoms with Crippen LogP contribution in [0.25, 0.3) is 11.3 Å². The first-order chi connectivity index (χ1) is 7.33. The van der Waals surface area contributed by atoms with Crippen molar-refractivity contribution in [2.45, 2.75) is 4.43 Å². The van der Waals surface area contributed by atoms with Crippen molar-refractivity contribution in [1.29, 1.82) is 0 Å². The Hall–Kier alpha value is -1.04. The van der Waals surface area contributed by atoms with E-state index in [1.807, 2.05) is 30.3 Å². The fourth-order valence-electron chi connectivity index (χ4n) is 1.27. The topological polar surface area (TPSA) is 35.3 Å². The van der Waals surface area contributed by atoms with Crippen molar-refractivity contribution in [1.82, 2.24) is 5.16 Å². The molecule has 0 fully saturated rings. The number of aromatic nitrogens is 1. The minimum absolute atomic E-state index is 0.796. The molecule has 15 heavy (non-hydrogen) atoms. The maximum atomic E-state index is 5.22. The first-order valence-corrected chi connectivity index (χ1v) is 6.02. The number of rotatable bonds is 3. The van der Waals surface area contributed by atoms with Crippen molar-refractivity contribution >= 4 is 22.6 Å². The molecular formula is C11H10INO2. The molecule has 1 heterocycles. The van der Waals surface area contributed by atoms with Gasteiger partial charge in [-0.05, 0) is 24.3 Å². The van der Waals surface area contributed by atoms with Crippen LogP contribution in [0, 0.1) is 0 Å². The molecule has 78 valence electrons. The molecule has 1 aromatic heterocycles.